The summed E-state index contributed by atoms with van der Waals surface area (Å²) in [4.78, 5) is 23.6. The Morgan fingerprint density at radius 1 is 0.818 bits per heavy atom. The summed E-state index contributed by atoms with van der Waals surface area (Å²) in [7, 11) is 0. The first-order chi connectivity index (χ1) is 10.7. The van der Waals surface area contributed by atoms with Crippen LogP contribution in [0.15, 0.2) is 73.8 Å². The molecule has 0 amide bonds. The fourth-order valence-electron chi connectivity index (χ4n) is 2.40. The Balaban J connectivity index is 2.54. The van der Waals surface area contributed by atoms with Crippen LogP contribution in [0.4, 0.5) is 0 Å². The summed E-state index contributed by atoms with van der Waals surface area (Å²) < 4.78 is 0. The molecule has 0 fully saturated rings. The second-order valence-corrected chi connectivity index (χ2v) is 5.00. The van der Waals surface area contributed by atoms with E-state index in [0.717, 1.165) is 22.3 Å². The normalized spacial score (nSPS) is 10.0. The van der Waals surface area contributed by atoms with Crippen LogP contribution in [0.3, 0.4) is 0 Å². The number of allylic oxidation sites excluding steroid dienone is 2. The number of rotatable bonds is 7. The zero-order valence-corrected chi connectivity index (χ0v) is 12.4. The molecule has 110 valence electrons. The summed E-state index contributed by atoms with van der Waals surface area (Å²) in [5.74, 6) is -0.117. The Hall–Kier alpha value is -2.74. The fraction of sp³-hybridized carbons (Fsp3) is 0.100. The highest BCUT2D eigenvalue weighted by Crippen LogP contribution is 2.27. The highest BCUT2D eigenvalue weighted by molar-refractivity contribution is 5.94. The maximum Gasteiger partial charge on any atom is 0.159 e. The fourth-order valence-corrected chi connectivity index (χ4v) is 2.40. The third kappa shape index (κ3) is 3.67. The number of hydrogen-bond acceptors (Lipinski definition) is 2. The number of hydrogen-bond donors (Lipinski definition) is 0. The van der Waals surface area contributed by atoms with E-state index in [4.69, 9.17) is 0 Å². The van der Waals surface area contributed by atoms with Gasteiger partial charge in [0.1, 0.15) is 0 Å². The predicted octanol–water partition coefficient (Wildman–Crippen LogP) is 3.95. The summed E-state index contributed by atoms with van der Waals surface area (Å²) in [6.45, 7) is 7.04. The van der Waals surface area contributed by atoms with Gasteiger partial charge in [0, 0.05) is 12.8 Å². The first-order valence-corrected chi connectivity index (χ1v) is 7.12. The molecule has 0 heterocycles. The average molecular weight is 290 g/mol. The van der Waals surface area contributed by atoms with Crippen molar-refractivity contribution >= 4 is 11.6 Å². The predicted molar refractivity (Wildman–Crippen MR) is 89.7 cm³/mol. The van der Waals surface area contributed by atoms with Gasteiger partial charge in [-0.05, 0) is 34.4 Å². The van der Waals surface area contributed by atoms with Crippen LogP contribution in [0.5, 0.6) is 0 Å². The van der Waals surface area contributed by atoms with E-state index in [1.807, 2.05) is 48.5 Å². The lowest BCUT2D eigenvalue weighted by Gasteiger charge is -2.13. The molecule has 0 bridgehead atoms. The molecule has 0 atom stereocenters. The van der Waals surface area contributed by atoms with E-state index < -0.39 is 0 Å². The molecule has 0 unspecified atom stereocenters. The van der Waals surface area contributed by atoms with Crippen LogP contribution in [0.25, 0.3) is 11.1 Å². The minimum atomic E-state index is -0.0596. The summed E-state index contributed by atoms with van der Waals surface area (Å²) in [6, 6.07) is 15.6. The van der Waals surface area contributed by atoms with Gasteiger partial charge in [-0.3, -0.25) is 9.59 Å². The minimum Gasteiger partial charge on any atom is -0.295 e. The molecule has 0 radical (unpaired) electrons. The molecular formula is C20H18O2. The molecule has 0 aromatic heterocycles. The van der Waals surface area contributed by atoms with Crippen molar-refractivity contribution in [2.24, 2.45) is 0 Å². The molecule has 0 aliphatic heterocycles. The summed E-state index contributed by atoms with van der Waals surface area (Å²) in [5, 5.41) is 0. The van der Waals surface area contributed by atoms with E-state index in [1.165, 1.54) is 12.2 Å². The Morgan fingerprint density at radius 3 is 2.09 bits per heavy atom. The Kier molecular flexibility index (Phi) is 5.21. The van der Waals surface area contributed by atoms with Gasteiger partial charge in [0.15, 0.2) is 11.6 Å². The maximum absolute atomic E-state index is 11.8. The third-order valence-electron chi connectivity index (χ3n) is 3.53. The van der Waals surface area contributed by atoms with Gasteiger partial charge in [0.2, 0.25) is 0 Å². The van der Waals surface area contributed by atoms with Crippen molar-refractivity contribution in [1.29, 1.82) is 0 Å². The molecule has 0 saturated carbocycles. The number of carbonyl (C=O) groups is 2. The minimum absolute atomic E-state index is 0.0579. The first kappa shape index (κ1) is 15.6. The monoisotopic (exact) mass is 290 g/mol. The Morgan fingerprint density at radius 2 is 1.45 bits per heavy atom. The van der Waals surface area contributed by atoms with Gasteiger partial charge in [-0.2, -0.15) is 0 Å². The summed E-state index contributed by atoms with van der Waals surface area (Å²) in [6.07, 6.45) is 3.13. The zero-order chi connectivity index (χ0) is 15.9. The maximum atomic E-state index is 11.8. The van der Waals surface area contributed by atoms with E-state index >= 15 is 0 Å². The average Bonchev–Trinajstić information content (AvgIpc) is 2.56. The van der Waals surface area contributed by atoms with Crippen molar-refractivity contribution in [3.8, 4) is 11.1 Å². The second kappa shape index (κ2) is 7.32. The van der Waals surface area contributed by atoms with Crippen LogP contribution in [0, 0.1) is 0 Å². The lowest BCUT2D eigenvalue weighted by Crippen LogP contribution is -2.07. The van der Waals surface area contributed by atoms with Crippen molar-refractivity contribution < 1.29 is 9.59 Å². The van der Waals surface area contributed by atoms with Gasteiger partial charge in [0.25, 0.3) is 0 Å². The zero-order valence-electron chi connectivity index (χ0n) is 12.4. The van der Waals surface area contributed by atoms with Gasteiger partial charge in [-0.1, -0.05) is 61.7 Å². The Bertz CT molecular complexity index is 712. The second-order valence-electron chi connectivity index (χ2n) is 5.00. The van der Waals surface area contributed by atoms with Crippen LogP contribution in [-0.4, -0.2) is 11.6 Å². The Labute approximate surface area is 130 Å². The molecule has 2 heteroatoms. The van der Waals surface area contributed by atoms with Gasteiger partial charge in [-0.25, -0.2) is 0 Å². The molecular weight excluding hydrogens is 272 g/mol. The van der Waals surface area contributed by atoms with Gasteiger partial charge in [-0.15, -0.1) is 0 Å². The van der Waals surface area contributed by atoms with Crippen molar-refractivity contribution in [3.05, 3.63) is 85.0 Å². The van der Waals surface area contributed by atoms with E-state index in [1.54, 1.807) is 0 Å². The third-order valence-corrected chi connectivity index (χ3v) is 3.53. The number of ketones is 2. The molecule has 0 saturated heterocycles. The number of carbonyl (C=O) groups excluding carboxylic acids is 2. The molecule has 0 aliphatic rings. The lowest BCUT2D eigenvalue weighted by atomic mass is 9.90. The van der Waals surface area contributed by atoms with E-state index in [-0.39, 0.29) is 24.4 Å². The quantitative estimate of drug-likeness (QED) is 0.724. The van der Waals surface area contributed by atoms with Crippen LogP contribution >= 0.6 is 0 Å². The van der Waals surface area contributed by atoms with Crippen molar-refractivity contribution in [3.63, 3.8) is 0 Å². The van der Waals surface area contributed by atoms with E-state index in [0.29, 0.717) is 0 Å². The van der Waals surface area contributed by atoms with Gasteiger partial charge >= 0.3 is 0 Å². The van der Waals surface area contributed by atoms with Crippen LogP contribution in [-0.2, 0) is 22.4 Å². The van der Waals surface area contributed by atoms with Crippen molar-refractivity contribution in [1.82, 2.24) is 0 Å². The molecule has 0 spiro atoms. The molecule has 0 aliphatic carbocycles. The van der Waals surface area contributed by atoms with Gasteiger partial charge < -0.3 is 0 Å². The van der Waals surface area contributed by atoms with Crippen molar-refractivity contribution in [2.75, 3.05) is 0 Å². The summed E-state index contributed by atoms with van der Waals surface area (Å²) in [5.41, 5.74) is 3.75. The highest BCUT2D eigenvalue weighted by Gasteiger charge is 2.14. The smallest absolute Gasteiger partial charge is 0.159 e. The topological polar surface area (TPSA) is 34.1 Å². The molecule has 2 aromatic rings. The number of benzene rings is 2. The lowest BCUT2D eigenvalue weighted by molar-refractivity contribution is -0.115. The van der Waals surface area contributed by atoms with E-state index in [2.05, 4.69) is 13.2 Å². The molecule has 0 N–H and O–H groups in total. The highest BCUT2D eigenvalue weighted by atomic mass is 16.1. The van der Waals surface area contributed by atoms with Crippen molar-refractivity contribution in [2.45, 2.75) is 12.8 Å². The standard InChI is InChI=1S/C20H18O2/c1-3-17(21)13-16-11-8-12-19(15-9-6-5-7-10-15)20(16)14-18(22)4-2/h3-12H,1-2,13-14H2. The van der Waals surface area contributed by atoms with E-state index in [9.17, 15) is 9.59 Å². The molecule has 2 rings (SSSR count). The largest absolute Gasteiger partial charge is 0.295 e. The molecule has 22 heavy (non-hydrogen) atoms. The SMILES string of the molecule is C=CC(=O)Cc1cccc(-c2ccccc2)c1CC(=O)C=C. The molecule has 2 nitrogen and oxygen atoms in total. The molecule has 2 aromatic carbocycles. The van der Waals surface area contributed by atoms with Crippen LogP contribution in [0.1, 0.15) is 11.1 Å². The van der Waals surface area contributed by atoms with Gasteiger partial charge in [0.05, 0.1) is 0 Å². The first-order valence-electron chi connectivity index (χ1n) is 7.12. The van der Waals surface area contributed by atoms with Crippen LogP contribution in [0.2, 0.25) is 0 Å². The van der Waals surface area contributed by atoms with Crippen LogP contribution < -0.4 is 0 Å². The summed E-state index contributed by atoms with van der Waals surface area (Å²) >= 11 is 0.